The third-order valence-corrected chi connectivity index (χ3v) is 2.37. The van der Waals surface area contributed by atoms with Crippen molar-refractivity contribution in [2.45, 2.75) is 6.29 Å². The molecule has 0 bridgehead atoms. The predicted octanol–water partition coefficient (Wildman–Crippen LogP) is 2.34. The second-order valence-corrected chi connectivity index (χ2v) is 3.49. The van der Waals surface area contributed by atoms with Crippen molar-refractivity contribution in [1.82, 2.24) is 0 Å². The van der Waals surface area contributed by atoms with Crippen molar-refractivity contribution in [3.05, 3.63) is 29.6 Å². The van der Waals surface area contributed by atoms with Gasteiger partial charge in [-0.05, 0) is 6.07 Å². The Morgan fingerprint density at radius 2 is 2.12 bits per heavy atom. The van der Waals surface area contributed by atoms with Gasteiger partial charge in [0.15, 0.2) is 12.1 Å². The van der Waals surface area contributed by atoms with Crippen LogP contribution in [0, 0.1) is 5.82 Å². The van der Waals surface area contributed by atoms with Crippen LogP contribution in [0.4, 0.5) is 10.1 Å². The highest BCUT2D eigenvalue weighted by Crippen LogP contribution is 2.27. The molecule has 0 fully saturated rings. The zero-order chi connectivity index (χ0) is 12.8. The Bertz CT molecular complexity index is 408. The number of benzene rings is 1. The molecule has 4 nitrogen and oxygen atoms in total. The van der Waals surface area contributed by atoms with E-state index in [0.717, 1.165) is 0 Å². The summed E-state index contributed by atoms with van der Waals surface area (Å²) in [5, 5.41) is 0. The molecule has 0 aliphatic rings. The van der Waals surface area contributed by atoms with E-state index in [9.17, 15) is 4.39 Å². The van der Waals surface area contributed by atoms with E-state index >= 15 is 0 Å². The summed E-state index contributed by atoms with van der Waals surface area (Å²) >= 11 is 5.48. The highest BCUT2D eigenvalue weighted by molar-refractivity contribution is 6.28. The van der Waals surface area contributed by atoms with Crippen LogP contribution in [0.25, 0.3) is 0 Å². The summed E-state index contributed by atoms with van der Waals surface area (Å²) in [6, 6.07) is 4.70. The predicted molar refractivity (Wildman–Crippen MR) is 65.2 cm³/mol. The number of rotatable bonds is 5. The first-order valence-electron chi connectivity index (χ1n) is 4.87. The minimum Gasteiger partial charge on any atom is -0.386 e. The maximum absolute atomic E-state index is 14.0. The normalized spacial score (nSPS) is 12.2. The molecule has 1 aromatic carbocycles. The van der Waals surface area contributed by atoms with E-state index < -0.39 is 12.1 Å². The van der Waals surface area contributed by atoms with Crippen LogP contribution in [-0.2, 0) is 9.47 Å². The topological polar surface area (TPSA) is 56.8 Å². The summed E-state index contributed by atoms with van der Waals surface area (Å²) in [6.45, 7) is 0. The third-order valence-electron chi connectivity index (χ3n) is 2.09. The molecule has 0 heterocycles. The van der Waals surface area contributed by atoms with E-state index in [4.69, 9.17) is 26.8 Å². The van der Waals surface area contributed by atoms with Crippen LogP contribution in [-0.4, -0.2) is 25.9 Å². The van der Waals surface area contributed by atoms with Crippen LogP contribution in [0.5, 0.6) is 0 Å². The lowest BCUT2D eigenvalue weighted by atomic mass is 10.1. The van der Waals surface area contributed by atoms with Gasteiger partial charge in [-0.3, -0.25) is 0 Å². The average molecular weight is 261 g/mol. The Hall–Kier alpha value is -1.17. The number of nitrogens with zero attached hydrogens (tertiary/aromatic N) is 1. The van der Waals surface area contributed by atoms with Gasteiger partial charge in [-0.2, -0.15) is 0 Å². The summed E-state index contributed by atoms with van der Waals surface area (Å²) in [7, 11) is 2.85. The van der Waals surface area contributed by atoms with Crippen LogP contribution in [0.15, 0.2) is 23.2 Å². The van der Waals surface area contributed by atoms with Crippen molar-refractivity contribution in [3.8, 4) is 0 Å². The highest BCUT2D eigenvalue weighted by Gasteiger charge is 2.16. The SMILES string of the molecule is COC(OC)c1cccc(N=C(N)CCl)c1F. The Kier molecular flexibility index (Phi) is 5.34. The lowest BCUT2D eigenvalue weighted by Gasteiger charge is -2.15. The number of alkyl halides is 1. The van der Waals surface area contributed by atoms with Crippen LogP contribution >= 0.6 is 11.6 Å². The monoisotopic (exact) mass is 260 g/mol. The Morgan fingerprint density at radius 3 is 2.65 bits per heavy atom. The minimum atomic E-state index is -0.776. The molecular weight excluding hydrogens is 247 g/mol. The van der Waals surface area contributed by atoms with Gasteiger partial charge in [0.1, 0.15) is 11.5 Å². The van der Waals surface area contributed by atoms with E-state index in [0.29, 0.717) is 0 Å². The second-order valence-electron chi connectivity index (χ2n) is 3.22. The number of methoxy groups -OCH3 is 2. The summed E-state index contributed by atoms with van der Waals surface area (Å²) in [6.07, 6.45) is -0.776. The molecular formula is C11H14ClFN2O2. The highest BCUT2D eigenvalue weighted by atomic mass is 35.5. The first kappa shape index (κ1) is 13.9. The van der Waals surface area contributed by atoms with Gasteiger partial charge in [-0.1, -0.05) is 12.1 Å². The molecule has 2 N–H and O–H groups in total. The third kappa shape index (κ3) is 3.39. The molecule has 0 radical (unpaired) electrons. The summed E-state index contributed by atoms with van der Waals surface area (Å²) in [5.74, 6) is -0.342. The van der Waals surface area contributed by atoms with Gasteiger partial charge < -0.3 is 15.2 Å². The number of hydrogen-bond acceptors (Lipinski definition) is 3. The number of hydrogen-bond donors (Lipinski definition) is 1. The van der Waals surface area contributed by atoms with Gasteiger partial charge in [0.25, 0.3) is 0 Å². The molecule has 0 atom stereocenters. The summed E-state index contributed by atoms with van der Waals surface area (Å²) in [5.41, 5.74) is 5.83. The molecule has 6 heteroatoms. The molecule has 0 unspecified atom stereocenters. The Balaban J connectivity index is 3.15. The van der Waals surface area contributed by atoms with Gasteiger partial charge in [0, 0.05) is 19.8 Å². The van der Waals surface area contributed by atoms with Crippen LogP contribution in [0.3, 0.4) is 0 Å². The molecule has 17 heavy (non-hydrogen) atoms. The fraction of sp³-hybridized carbons (Fsp3) is 0.364. The molecule has 94 valence electrons. The molecule has 0 saturated heterocycles. The molecule has 0 saturated carbocycles. The molecule has 0 aliphatic carbocycles. The van der Waals surface area contributed by atoms with E-state index in [1.165, 1.54) is 20.3 Å². The lowest BCUT2D eigenvalue weighted by Crippen LogP contribution is -2.13. The van der Waals surface area contributed by atoms with Crippen molar-refractivity contribution in [2.75, 3.05) is 20.1 Å². The zero-order valence-electron chi connectivity index (χ0n) is 9.61. The smallest absolute Gasteiger partial charge is 0.186 e. The molecule has 0 spiro atoms. The van der Waals surface area contributed by atoms with E-state index in [1.54, 1.807) is 12.1 Å². The number of ether oxygens (including phenoxy) is 2. The quantitative estimate of drug-likeness (QED) is 0.383. The second kappa shape index (κ2) is 6.54. The summed E-state index contributed by atoms with van der Waals surface area (Å²) in [4.78, 5) is 3.87. The molecule has 1 rings (SSSR count). The number of nitrogens with two attached hydrogens (primary N) is 1. The Morgan fingerprint density at radius 1 is 1.47 bits per heavy atom. The molecule has 0 aliphatic heterocycles. The number of halogens is 2. The fourth-order valence-electron chi connectivity index (χ4n) is 1.34. The van der Waals surface area contributed by atoms with Crippen molar-refractivity contribution >= 4 is 23.1 Å². The maximum Gasteiger partial charge on any atom is 0.186 e. The molecule has 1 aromatic rings. The van der Waals surface area contributed by atoms with Crippen molar-refractivity contribution < 1.29 is 13.9 Å². The summed E-state index contributed by atoms with van der Waals surface area (Å²) < 4.78 is 24.0. The number of aliphatic imine (C=N–C) groups is 1. The van der Waals surface area contributed by atoms with Crippen molar-refractivity contribution in [3.63, 3.8) is 0 Å². The first-order chi connectivity index (χ1) is 8.13. The van der Waals surface area contributed by atoms with Crippen LogP contribution < -0.4 is 5.73 Å². The van der Waals surface area contributed by atoms with Gasteiger partial charge in [0.05, 0.1) is 5.88 Å². The van der Waals surface area contributed by atoms with Crippen molar-refractivity contribution in [2.24, 2.45) is 10.7 Å². The van der Waals surface area contributed by atoms with Crippen LogP contribution in [0.1, 0.15) is 11.9 Å². The van der Waals surface area contributed by atoms with Crippen molar-refractivity contribution in [1.29, 1.82) is 0 Å². The van der Waals surface area contributed by atoms with E-state index in [1.807, 2.05) is 0 Å². The molecule has 0 aromatic heterocycles. The van der Waals surface area contributed by atoms with E-state index in [-0.39, 0.29) is 23.0 Å². The van der Waals surface area contributed by atoms with Gasteiger partial charge in [-0.15, -0.1) is 11.6 Å². The van der Waals surface area contributed by atoms with Gasteiger partial charge in [-0.25, -0.2) is 9.38 Å². The van der Waals surface area contributed by atoms with Gasteiger partial charge >= 0.3 is 0 Å². The Labute approximate surface area is 104 Å². The zero-order valence-corrected chi connectivity index (χ0v) is 10.4. The molecule has 0 amide bonds. The largest absolute Gasteiger partial charge is 0.386 e. The van der Waals surface area contributed by atoms with E-state index in [2.05, 4.69) is 4.99 Å². The first-order valence-corrected chi connectivity index (χ1v) is 5.40. The standard InChI is InChI=1S/C11H14ClFN2O2/c1-16-11(17-2)7-4-3-5-8(10(7)13)15-9(14)6-12/h3-5,11H,6H2,1-2H3,(H2,14,15). The average Bonchev–Trinajstić information content (AvgIpc) is 2.35. The van der Waals surface area contributed by atoms with Crippen LogP contribution in [0.2, 0.25) is 0 Å². The maximum atomic E-state index is 14.0. The fourth-order valence-corrected chi connectivity index (χ4v) is 1.40. The lowest BCUT2D eigenvalue weighted by molar-refractivity contribution is -0.107. The number of amidine groups is 1. The van der Waals surface area contributed by atoms with Gasteiger partial charge in [0.2, 0.25) is 0 Å². The minimum absolute atomic E-state index is 0.0433.